The summed E-state index contributed by atoms with van der Waals surface area (Å²) in [7, 11) is 0. The van der Waals surface area contributed by atoms with E-state index in [9.17, 15) is 9.18 Å². The maximum atomic E-state index is 13.7. The highest BCUT2D eigenvalue weighted by Crippen LogP contribution is 2.35. The third kappa shape index (κ3) is 3.84. The second-order valence-electron chi connectivity index (χ2n) is 6.72. The maximum Gasteiger partial charge on any atom is 0.230 e. The lowest BCUT2D eigenvalue weighted by molar-refractivity contribution is -0.119. The SMILES string of the molecule is Cc1sc2ncnc(SCC(=O)NC3CCCOc4ccc(F)cc43)c2c1C. The van der Waals surface area contributed by atoms with E-state index in [0.29, 0.717) is 24.3 Å². The summed E-state index contributed by atoms with van der Waals surface area (Å²) in [6.45, 7) is 4.68. The van der Waals surface area contributed by atoms with Crippen molar-refractivity contribution in [3.8, 4) is 5.75 Å². The molecular formula is C20H20FN3O2S2. The predicted octanol–water partition coefficient (Wildman–Crippen LogP) is 4.57. The van der Waals surface area contributed by atoms with Gasteiger partial charge in [0, 0.05) is 15.8 Å². The zero-order chi connectivity index (χ0) is 19.7. The van der Waals surface area contributed by atoms with Gasteiger partial charge in [0.15, 0.2) is 0 Å². The van der Waals surface area contributed by atoms with Gasteiger partial charge in [-0.25, -0.2) is 14.4 Å². The summed E-state index contributed by atoms with van der Waals surface area (Å²) in [5.41, 5.74) is 1.86. The number of nitrogens with one attached hydrogen (secondary N) is 1. The van der Waals surface area contributed by atoms with Crippen LogP contribution >= 0.6 is 23.1 Å². The molecule has 1 N–H and O–H groups in total. The Labute approximate surface area is 170 Å². The molecule has 146 valence electrons. The molecule has 0 radical (unpaired) electrons. The lowest BCUT2D eigenvalue weighted by Crippen LogP contribution is -2.29. The van der Waals surface area contributed by atoms with Crippen LogP contribution < -0.4 is 10.1 Å². The van der Waals surface area contributed by atoms with Gasteiger partial charge in [0.05, 0.1) is 18.4 Å². The number of thioether (sulfide) groups is 1. The molecule has 0 fully saturated rings. The summed E-state index contributed by atoms with van der Waals surface area (Å²) in [6.07, 6.45) is 3.06. The van der Waals surface area contributed by atoms with E-state index in [4.69, 9.17) is 4.74 Å². The molecule has 1 aliphatic rings. The zero-order valence-corrected chi connectivity index (χ0v) is 17.3. The number of amides is 1. The van der Waals surface area contributed by atoms with Crippen molar-refractivity contribution in [3.05, 3.63) is 46.3 Å². The Bertz CT molecular complexity index is 1040. The number of rotatable bonds is 4. The van der Waals surface area contributed by atoms with Gasteiger partial charge in [-0.2, -0.15) is 0 Å². The van der Waals surface area contributed by atoms with Gasteiger partial charge in [-0.05, 0) is 50.5 Å². The van der Waals surface area contributed by atoms with Crippen molar-refractivity contribution in [2.75, 3.05) is 12.4 Å². The number of nitrogens with zero attached hydrogens (tertiary/aromatic N) is 2. The van der Waals surface area contributed by atoms with Crippen LogP contribution in [0.5, 0.6) is 5.75 Å². The van der Waals surface area contributed by atoms with Crippen LogP contribution in [0.2, 0.25) is 0 Å². The van der Waals surface area contributed by atoms with Crippen molar-refractivity contribution < 1.29 is 13.9 Å². The van der Waals surface area contributed by atoms with Crippen LogP contribution in [0.25, 0.3) is 10.2 Å². The van der Waals surface area contributed by atoms with Crippen LogP contribution in [0, 0.1) is 19.7 Å². The second kappa shape index (κ2) is 8.05. The Balaban J connectivity index is 1.48. The molecule has 1 aromatic carbocycles. The van der Waals surface area contributed by atoms with Crippen LogP contribution in [0.4, 0.5) is 4.39 Å². The topological polar surface area (TPSA) is 64.1 Å². The van der Waals surface area contributed by atoms with E-state index < -0.39 is 0 Å². The van der Waals surface area contributed by atoms with E-state index >= 15 is 0 Å². The number of hydrogen-bond acceptors (Lipinski definition) is 6. The molecule has 3 heterocycles. The minimum absolute atomic E-state index is 0.108. The molecule has 8 heteroatoms. The first kappa shape index (κ1) is 19.1. The van der Waals surface area contributed by atoms with Crippen molar-refractivity contribution in [1.82, 2.24) is 15.3 Å². The number of halogens is 1. The van der Waals surface area contributed by atoms with Crippen LogP contribution in [-0.2, 0) is 4.79 Å². The molecule has 0 saturated carbocycles. The van der Waals surface area contributed by atoms with Gasteiger partial charge >= 0.3 is 0 Å². The highest BCUT2D eigenvalue weighted by Gasteiger charge is 2.22. The third-order valence-electron chi connectivity index (χ3n) is 4.85. The second-order valence-corrected chi connectivity index (χ2v) is 8.89. The fraction of sp³-hybridized carbons (Fsp3) is 0.350. The Morgan fingerprint density at radius 3 is 3.11 bits per heavy atom. The molecule has 1 atom stereocenters. The lowest BCUT2D eigenvalue weighted by Gasteiger charge is -2.18. The predicted molar refractivity (Wildman–Crippen MR) is 110 cm³/mol. The molecule has 1 unspecified atom stereocenters. The standard InChI is InChI=1S/C20H20FN3O2S2/c1-11-12(2)28-20-18(11)19(22-10-23-20)27-9-17(25)24-15-4-3-7-26-16-6-5-13(21)8-14(15)16/h5-6,8,10,15H,3-4,7,9H2,1-2H3,(H,24,25). The molecule has 3 aromatic rings. The maximum absolute atomic E-state index is 13.7. The smallest absolute Gasteiger partial charge is 0.230 e. The summed E-state index contributed by atoms with van der Waals surface area (Å²) in [6, 6.07) is 4.20. The lowest BCUT2D eigenvalue weighted by atomic mass is 10.0. The molecule has 0 spiro atoms. The zero-order valence-electron chi connectivity index (χ0n) is 15.6. The van der Waals surface area contributed by atoms with E-state index in [2.05, 4.69) is 29.1 Å². The van der Waals surface area contributed by atoms with Crippen molar-refractivity contribution in [2.45, 2.75) is 37.8 Å². The van der Waals surface area contributed by atoms with Gasteiger partial charge in [-0.1, -0.05) is 11.8 Å². The largest absolute Gasteiger partial charge is 0.493 e. The normalized spacial score (nSPS) is 16.3. The molecule has 0 bridgehead atoms. The number of carbonyl (C=O) groups excluding carboxylic acids is 1. The molecule has 0 saturated heterocycles. The summed E-state index contributed by atoms with van der Waals surface area (Å²) >= 11 is 3.04. The molecule has 28 heavy (non-hydrogen) atoms. The Morgan fingerprint density at radius 1 is 1.39 bits per heavy atom. The van der Waals surface area contributed by atoms with Gasteiger partial charge in [0.2, 0.25) is 5.91 Å². The van der Waals surface area contributed by atoms with Crippen molar-refractivity contribution in [2.24, 2.45) is 0 Å². The van der Waals surface area contributed by atoms with Gasteiger partial charge in [0.25, 0.3) is 0 Å². The monoisotopic (exact) mass is 417 g/mol. The molecule has 0 aliphatic carbocycles. The molecule has 5 nitrogen and oxygen atoms in total. The summed E-state index contributed by atoms with van der Waals surface area (Å²) < 4.78 is 19.4. The fourth-order valence-electron chi connectivity index (χ4n) is 3.33. The van der Waals surface area contributed by atoms with Crippen molar-refractivity contribution >= 4 is 39.2 Å². The Hall–Kier alpha value is -2.19. The minimum atomic E-state index is -0.329. The number of aryl methyl sites for hydroxylation is 2. The summed E-state index contributed by atoms with van der Waals surface area (Å²) in [5.74, 6) is 0.439. The van der Waals surface area contributed by atoms with Gasteiger partial charge in [-0.15, -0.1) is 11.3 Å². The number of thiophene rings is 1. The van der Waals surface area contributed by atoms with Crippen LogP contribution in [-0.4, -0.2) is 28.2 Å². The number of fused-ring (bicyclic) bond motifs is 2. The van der Waals surface area contributed by atoms with E-state index in [1.54, 1.807) is 23.7 Å². The average molecular weight is 418 g/mol. The molecule has 1 amide bonds. The highest BCUT2D eigenvalue weighted by atomic mass is 32.2. The first-order valence-corrected chi connectivity index (χ1v) is 10.9. The summed E-state index contributed by atoms with van der Waals surface area (Å²) in [4.78, 5) is 23.5. The van der Waals surface area contributed by atoms with E-state index in [0.717, 1.165) is 27.2 Å². The minimum Gasteiger partial charge on any atom is -0.493 e. The third-order valence-corrected chi connectivity index (χ3v) is 6.95. The van der Waals surface area contributed by atoms with Gasteiger partial charge in [0.1, 0.15) is 27.8 Å². The molecule has 2 aromatic heterocycles. The Morgan fingerprint density at radius 2 is 2.25 bits per heavy atom. The van der Waals surface area contributed by atoms with E-state index in [1.165, 1.54) is 28.8 Å². The van der Waals surface area contributed by atoms with Gasteiger partial charge < -0.3 is 10.1 Å². The Kier molecular flexibility index (Phi) is 5.50. The fourth-order valence-corrected chi connectivity index (χ4v) is 5.26. The number of ether oxygens (including phenoxy) is 1. The van der Waals surface area contributed by atoms with Crippen molar-refractivity contribution in [1.29, 1.82) is 0 Å². The van der Waals surface area contributed by atoms with Gasteiger partial charge in [-0.3, -0.25) is 4.79 Å². The van der Waals surface area contributed by atoms with Crippen LogP contribution in [0.15, 0.2) is 29.6 Å². The van der Waals surface area contributed by atoms with E-state index in [1.807, 2.05) is 0 Å². The number of carbonyl (C=O) groups is 1. The van der Waals surface area contributed by atoms with Crippen LogP contribution in [0.1, 0.15) is 34.9 Å². The first-order valence-electron chi connectivity index (χ1n) is 9.08. The van der Waals surface area contributed by atoms with E-state index in [-0.39, 0.29) is 23.5 Å². The van der Waals surface area contributed by atoms with Crippen LogP contribution in [0.3, 0.4) is 0 Å². The molecule has 4 rings (SSSR count). The number of aromatic nitrogens is 2. The number of hydrogen-bond donors (Lipinski definition) is 1. The first-order chi connectivity index (χ1) is 13.5. The summed E-state index contributed by atoms with van der Waals surface area (Å²) in [5, 5.41) is 4.88. The number of benzene rings is 1. The molecule has 1 aliphatic heterocycles. The highest BCUT2D eigenvalue weighted by molar-refractivity contribution is 8.00. The molecular weight excluding hydrogens is 397 g/mol. The quantitative estimate of drug-likeness (QED) is 0.498. The average Bonchev–Trinajstić information content (AvgIpc) is 2.85. The van der Waals surface area contributed by atoms with Crippen molar-refractivity contribution in [3.63, 3.8) is 0 Å².